The molecule has 0 spiro atoms. The molecule has 7 heteroatoms. The Morgan fingerprint density at radius 2 is 1.86 bits per heavy atom. The smallest absolute Gasteiger partial charge is 0.188 e. The molecule has 2 aromatic heterocycles. The van der Waals surface area contributed by atoms with Gasteiger partial charge in [0, 0.05) is 33.6 Å². The number of halogens is 1. The van der Waals surface area contributed by atoms with Gasteiger partial charge in [0.2, 0.25) is 0 Å². The highest BCUT2D eigenvalue weighted by Gasteiger charge is 2.11. The molecule has 0 saturated heterocycles. The molecule has 22 heavy (non-hydrogen) atoms. The Balaban J connectivity index is 1.68. The maximum absolute atomic E-state index is 12.3. The molecule has 3 aromatic rings. The van der Waals surface area contributed by atoms with Crippen molar-refractivity contribution in [2.24, 2.45) is 0 Å². The fraction of sp³-hybridized carbons (Fsp3) is 0.133. The average molecular weight is 350 g/mol. The van der Waals surface area contributed by atoms with Crippen molar-refractivity contribution >= 4 is 33.7 Å². The van der Waals surface area contributed by atoms with E-state index in [0.29, 0.717) is 22.4 Å². The first-order valence-electron chi connectivity index (χ1n) is 6.52. The van der Waals surface area contributed by atoms with Crippen LogP contribution in [-0.2, 0) is 22.3 Å². The fourth-order valence-electron chi connectivity index (χ4n) is 1.89. The monoisotopic (exact) mass is 349 g/mol. The van der Waals surface area contributed by atoms with Gasteiger partial charge in [0.15, 0.2) is 10.8 Å². The third-order valence-electron chi connectivity index (χ3n) is 2.89. The van der Waals surface area contributed by atoms with Crippen molar-refractivity contribution in [2.75, 3.05) is 0 Å². The lowest BCUT2D eigenvalue weighted by Crippen LogP contribution is -2.00. The number of hydrogen-bond donors (Lipinski definition) is 0. The van der Waals surface area contributed by atoms with Crippen LogP contribution in [0.25, 0.3) is 10.8 Å². The molecular formula is C15H12ClN3OS2. The van der Waals surface area contributed by atoms with Crippen molar-refractivity contribution in [3.63, 3.8) is 0 Å². The Hall–Kier alpha value is -1.63. The van der Waals surface area contributed by atoms with E-state index in [-0.39, 0.29) is 0 Å². The summed E-state index contributed by atoms with van der Waals surface area (Å²) >= 11 is 7.55. The minimum absolute atomic E-state index is 0.397. The van der Waals surface area contributed by atoms with Crippen molar-refractivity contribution in [1.82, 2.24) is 15.0 Å². The predicted octanol–water partition coefficient (Wildman–Crippen LogP) is 3.70. The molecule has 1 aromatic carbocycles. The van der Waals surface area contributed by atoms with Crippen LogP contribution in [0, 0.1) is 0 Å². The summed E-state index contributed by atoms with van der Waals surface area (Å²) in [7, 11) is -1.06. The number of aromatic nitrogens is 3. The number of benzene rings is 1. The summed E-state index contributed by atoms with van der Waals surface area (Å²) in [6, 6.07) is 9.22. The molecule has 0 radical (unpaired) electrons. The Labute approximate surface area is 139 Å². The molecule has 0 N–H and O–H groups in total. The molecule has 1 atom stereocenters. The van der Waals surface area contributed by atoms with Crippen LogP contribution in [0.4, 0.5) is 0 Å². The van der Waals surface area contributed by atoms with Gasteiger partial charge in [-0.2, -0.15) is 0 Å². The minimum Gasteiger partial charge on any atom is -0.259 e. The first-order valence-corrected chi connectivity index (χ1v) is 9.27. The Morgan fingerprint density at radius 1 is 1.09 bits per heavy atom. The zero-order chi connectivity index (χ0) is 15.4. The van der Waals surface area contributed by atoms with Gasteiger partial charge >= 0.3 is 0 Å². The number of thiazole rings is 1. The predicted molar refractivity (Wildman–Crippen MR) is 90.1 cm³/mol. The van der Waals surface area contributed by atoms with E-state index in [2.05, 4.69) is 15.0 Å². The van der Waals surface area contributed by atoms with E-state index >= 15 is 0 Å². The van der Waals surface area contributed by atoms with Crippen LogP contribution >= 0.6 is 22.9 Å². The number of rotatable bonds is 5. The minimum atomic E-state index is -1.06. The van der Waals surface area contributed by atoms with Crippen molar-refractivity contribution in [1.29, 1.82) is 0 Å². The zero-order valence-electron chi connectivity index (χ0n) is 11.5. The van der Waals surface area contributed by atoms with Gasteiger partial charge in [-0.15, -0.1) is 11.3 Å². The highest BCUT2D eigenvalue weighted by atomic mass is 35.5. The van der Waals surface area contributed by atoms with E-state index in [4.69, 9.17) is 11.6 Å². The summed E-state index contributed by atoms with van der Waals surface area (Å²) in [5, 5.41) is 3.29. The Bertz CT molecular complexity index is 792. The zero-order valence-corrected chi connectivity index (χ0v) is 13.9. The van der Waals surface area contributed by atoms with Crippen molar-refractivity contribution < 1.29 is 4.21 Å². The van der Waals surface area contributed by atoms with Crippen LogP contribution < -0.4 is 0 Å². The standard InChI is InChI=1S/C15H12ClN3OS2/c16-13-5-2-1-4-11(13)9-22(20)10-12-8-21-15(19-12)14-17-6-3-7-18-14/h1-8H,9-10H2/t22-/m0/s1. The molecule has 0 aliphatic heterocycles. The van der Waals surface area contributed by atoms with Crippen molar-refractivity contribution in [3.05, 3.63) is 64.4 Å². The van der Waals surface area contributed by atoms with Crippen LogP contribution in [0.3, 0.4) is 0 Å². The summed E-state index contributed by atoms with van der Waals surface area (Å²) < 4.78 is 12.3. The average Bonchev–Trinajstić information content (AvgIpc) is 2.99. The molecule has 4 nitrogen and oxygen atoms in total. The van der Waals surface area contributed by atoms with Crippen molar-refractivity contribution in [2.45, 2.75) is 11.5 Å². The highest BCUT2D eigenvalue weighted by molar-refractivity contribution is 7.83. The lowest BCUT2D eigenvalue weighted by Gasteiger charge is -2.03. The molecule has 2 heterocycles. The van der Waals surface area contributed by atoms with Gasteiger partial charge in [-0.05, 0) is 17.7 Å². The fourth-order valence-corrected chi connectivity index (χ4v) is 4.22. The lowest BCUT2D eigenvalue weighted by molar-refractivity contribution is 0.681. The molecule has 0 aliphatic rings. The van der Waals surface area contributed by atoms with Gasteiger partial charge in [-0.25, -0.2) is 15.0 Å². The summed E-state index contributed by atoms with van der Waals surface area (Å²) in [6.45, 7) is 0. The SMILES string of the molecule is O=[S@](Cc1csc(-c2ncccn2)n1)Cc1ccccc1Cl. The lowest BCUT2D eigenvalue weighted by atomic mass is 10.2. The van der Waals surface area contributed by atoms with E-state index in [9.17, 15) is 4.21 Å². The number of nitrogens with zero attached hydrogens (tertiary/aromatic N) is 3. The van der Waals surface area contributed by atoms with E-state index in [1.807, 2.05) is 29.6 Å². The maximum Gasteiger partial charge on any atom is 0.188 e. The molecule has 0 saturated carbocycles. The van der Waals surface area contributed by atoms with Gasteiger partial charge in [0.25, 0.3) is 0 Å². The van der Waals surface area contributed by atoms with Gasteiger partial charge in [-0.3, -0.25) is 4.21 Å². The van der Waals surface area contributed by atoms with Crippen LogP contribution in [0.2, 0.25) is 5.02 Å². The first-order chi connectivity index (χ1) is 10.7. The summed E-state index contributed by atoms with van der Waals surface area (Å²) in [4.78, 5) is 12.8. The second-order valence-corrected chi connectivity index (χ2v) is 7.26. The van der Waals surface area contributed by atoms with Crippen LogP contribution in [0.1, 0.15) is 11.3 Å². The van der Waals surface area contributed by atoms with Crippen LogP contribution in [0.5, 0.6) is 0 Å². The highest BCUT2D eigenvalue weighted by Crippen LogP contribution is 2.22. The van der Waals surface area contributed by atoms with Crippen LogP contribution in [-0.4, -0.2) is 19.2 Å². The van der Waals surface area contributed by atoms with E-state index in [1.54, 1.807) is 18.5 Å². The molecule has 0 aliphatic carbocycles. The van der Waals surface area contributed by atoms with E-state index in [1.165, 1.54) is 11.3 Å². The third kappa shape index (κ3) is 3.76. The summed E-state index contributed by atoms with van der Waals surface area (Å²) in [5.74, 6) is 1.42. The quantitative estimate of drug-likeness (QED) is 0.704. The van der Waals surface area contributed by atoms with E-state index in [0.717, 1.165) is 16.3 Å². The molecule has 3 rings (SSSR count). The molecule has 0 amide bonds. The Kier molecular flexibility index (Phi) is 4.92. The second kappa shape index (κ2) is 7.09. The van der Waals surface area contributed by atoms with E-state index < -0.39 is 10.8 Å². The second-order valence-electron chi connectivity index (χ2n) is 4.54. The van der Waals surface area contributed by atoms with Gasteiger partial charge in [0.05, 0.1) is 17.2 Å². The molecule has 0 unspecified atom stereocenters. The molecule has 112 valence electrons. The normalized spacial score (nSPS) is 12.2. The molecule has 0 bridgehead atoms. The third-order valence-corrected chi connectivity index (χ3v) is 5.40. The summed E-state index contributed by atoms with van der Waals surface area (Å²) in [5.41, 5.74) is 1.68. The largest absolute Gasteiger partial charge is 0.259 e. The van der Waals surface area contributed by atoms with Gasteiger partial charge in [0.1, 0.15) is 0 Å². The molecule has 0 fully saturated rings. The number of hydrogen-bond acceptors (Lipinski definition) is 5. The summed E-state index contributed by atoms with van der Waals surface area (Å²) in [6.07, 6.45) is 3.36. The van der Waals surface area contributed by atoms with Crippen LogP contribution in [0.15, 0.2) is 48.1 Å². The molecular weight excluding hydrogens is 338 g/mol. The van der Waals surface area contributed by atoms with Gasteiger partial charge < -0.3 is 0 Å². The van der Waals surface area contributed by atoms with Crippen molar-refractivity contribution in [3.8, 4) is 10.8 Å². The Morgan fingerprint density at radius 3 is 2.64 bits per heavy atom. The topological polar surface area (TPSA) is 55.7 Å². The first kappa shape index (κ1) is 15.3. The van der Waals surface area contributed by atoms with Gasteiger partial charge in [-0.1, -0.05) is 29.8 Å². The maximum atomic E-state index is 12.3.